The molecule has 7 nitrogen and oxygen atoms in total. The largest absolute Gasteiger partial charge is 0.872 e. The number of halogens is 1. The number of hydrogen-bond acceptors (Lipinski definition) is 5. The van der Waals surface area contributed by atoms with Gasteiger partial charge in [0.25, 0.3) is 11.6 Å². The third kappa shape index (κ3) is 4.04. The lowest BCUT2D eigenvalue weighted by Gasteiger charge is -2.13. The van der Waals surface area contributed by atoms with Gasteiger partial charge in [0.05, 0.1) is 11.1 Å². The van der Waals surface area contributed by atoms with E-state index in [1.165, 1.54) is 25.1 Å². The number of nitrogens with zero attached hydrogens (tertiary/aromatic N) is 2. The standard InChI is InChI=1S/C15H12ClN3O4/c1-9-6-13(19(22)23)7-11(14(9)20)8-17-18-15(21)10-2-4-12(16)5-3-10/h2-8,20H,1H3,(H,18,21)/p-1/b17-8+. The summed E-state index contributed by atoms with van der Waals surface area (Å²) in [4.78, 5) is 22.0. The van der Waals surface area contributed by atoms with Crippen LogP contribution in [0.3, 0.4) is 0 Å². The molecular weight excluding hydrogens is 322 g/mol. The van der Waals surface area contributed by atoms with Gasteiger partial charge in [0, 0.05) is 22.7 Å². The highest BCUT2D eigenvalue weighted by Gasteiger charge is 2.09. The van der Waals surface area contributed by atoms with Gasteiger partial charge in [0.2, 0.25) is 0 Å². The Morgan fingerprint density at radius 1 is 1.30 bits per heavy atom. The molecule has 0 bridgehead atoms. The number of aryl methyl sites for hydroxylation is 1. The van der Waals surface area contributed by atoms with E-state index in [9.17, 15) is 20.0 Å². The van der Waals surface area contributed by atoms with Crippen LogP contribution >= 0.6 is 11.6 Å². The van der Waals surface area contributed by atoms with E-state index >= 15 is 0 Å². The molecular formula is C15H11ClN3O4-. The first-order chi connectivity index (χ1) is 10.9. The zero-order valence-electron chi connectivity index (χ0n) is 11.9. The maximum absolute atomic E-state index is 11.9. The van der Waals surface area contributed by atoms with Crippen molar-refractivity contribution in [2.75, 3.05) is 0 Å². The zero-order valence-corrected chi connectivity index (χ0v) is 12.7. The van der Waals surface area contributed by atoms with Crippen LogP contribution in [0, 0.1) is 17.0 Å². The minimum Gasteiger partial charge on any atom is -0.872 e. The summed E-state index contributed by atoms with van der Waals surface area (Å²) in [5, 5.41) is 26.8. The maximum Gasteiger partial charge on any atom is 0.271 e. The van der Waals surface area contributed by atoms with Crippen molar-refractivity contribution in [2.45, 2.75) is 6.92 Å². The second-order valence-corrected chi connectivity index (χ2v) is 5.08. The molecule has 1 amide bonds. The van der Waals surface area contributed by atoms with E-state index in [-0.39, 0.29) is 22.6 Å². The van der Waals surface area contributed by atoms with Crippen molar-refractivity contribution in [1.82, 2.24) is 5.43 Å². The van der Waals surface area contributed by atoms with Crippen molar-refractivity contribution < 1.29 is 14.8 Å². The highest BCUT2D eigenvalue weighted by Crippen LogP contribution is 2.24. The Labute approximate surface area is 136 Å². The molecule has 0 saturated heterocycles. The van der Waals surface area contributed by atoms with Crippen molar-refractivity contribution in [3.8, 4) is 5.75 Å². The Hall–Kier alpha value is -2.93. The van der Waals surface area contributed by atoms with Gasteiger partial charge in [0.1, 0.15) is 0 Å². The lowest BCUT2D eigenvalue weighted by Crippen LogP contribution is -2.17. The first kappa shape index (κ1) is 16.4. The molecule has 23 heavy (non-hydrogen) atoms. The highest BCUT2D eigenvalue weighted by molar-refractivity contribution is 6.30. The number of hydrazone groups is 1. The number of benzene rings is 2. The van der Waals surface area contributed by atoms with Crippen molar-refractivity contribution in [3.05, 3.63) is 68.2 Å². The molecule has 8 heteroatoms. The number of carbonyl (C=O) groups is 1. The van der Waals surface area contributed by atoms with Crippen LogP contribution in [-0.4, -0.2) is 17.0 Å². The first-order valence-corrected chi connectivity index (χ1v) is 6.81. The molecule has 0 heterocycles. The van der Waals surface area contributed by atoms with E-state index in [1.54, 1.807) is 12.1 Å². The van der Waals surface area contributed by atoms with Gasteiger partial charge in [-0.2, -0.15) is 5.10 Å². The van der Waals surface area contributed by atoms with Crippen LogP contribution in [0.15, 0.2) is 41.5 Å². The fourth-order valence-corrected chi connectivity index (χ4v) is 1.94. The Balaban J connectivity index is 2.15. The SMILES string of the molecule is Cc1cc([N+](=O)[O-])cc(/C=N/NC(=O)c2ccc(Cl)cc2)c1[O-]. The Morgan fingerprint density at radius 2 is 1.96 bits per heavy atom. The summed E-state index contributed by atoms with van der Waals surface area (Å²) >= 11 is 5.72. The molecule has 0 radical (unpaired) electrons. The lowest BCUT2D eigenvalue weighted by molar-refractivity contribution is -0.385. The summed E-state index contributed by atoms with van der Waals surface area (Å²) in [5.74, 6) is -0.882. The molecule has 0 saturated carbocycles. The summed E-state index contributed by atoms with van der Waals surface area (Å²) in [6.07, 6.45) is 1.08. The van der Waals surface area contributed by atoms with Crippen LogP contribution in [0.1, 0.15) is 21.5 Å². The number of nitro groups is 1. The van der Waals surface area contributed by atoms with Gasteiger partial charge in [-0.25, -0.2) is 5.43 Å². The molecule has 1 N–H and O–H groups in total. The molecule has 0 aromatic heterocycles. The van der Waals surface area contributed by atoms with Crippen molar-refractivity contribution in [1.29, 1.82) is 0 Å². The lowest BCUT2D eigenvalue weighted by atomic mass is 10.1. The molecule has 118 valence electrons. The molecule has 2 aromatic rings. The molecule has 2 rings (SSSR count). The normalized spacial score (nSPS) is 10.7. The van der Waals surface area contributed by atoms with Gasteiger partial charge in [0.15, 0.2) is 0 Å². The Morgan fingerprint density at radius 3 is 2.57 bits per heavy atom. The van der Waals surface area contributed by atoms with E-state index in [1.807, 2.05) is 0 Å². The van der Waals surface area contributed by atoms with E-state index < -0.39 is 10.8 Å². The smallest absolute Gasteiger partial charge is 0.271 e. The summed E-state index contributed by atoms with van der Waals surface area (Å²) in [6.45, 7) is 1.47. The van der Waals surface area contributed by atoms with Crippen molar-refractivity contribution >= 4 is 29.4 Å². The average molecular weight is 333 g/mol. The number of nitrogens with one attached hydrogen (secondary N) is 1. The monoisotopic (exact) mass is 332 g/mol. The van der Waals surface area contributed by atoms with Gasteiger partial charge in [-0.15, -0.1) is 0 Å². The topological polar surface area (TPSA) is 108 Å². The summed E-state index contributed by atoms with van der Waals surface area (Å²) < 4.78 is 0. The average Bonchev–Trinajstić information content (AvgIpc) is 2.51. The van der Waals surface area contributed by atoms with Crippen LogP contribution in [0.4, 0.5) is 5.69 Å². The second-order valence-electron chi connectivity index (χ2n) is 4.64. The molecule has 2 aromatic carbocycles. The molecule has 0 aliphatic rings. The third-order valence-corrected chi connectivity index (χ3v) is 3.23. The Kier molecular flexibility index (Phi) is 4.92. The van der Waals surface area contributed by atoms with Crippen LogP contribution in [0.5, 0.6) is 5.75 Å². The first-order valence-electron chi connectivity index (χ1n) is 6.43. The number of amides is 1. The van der Waals surface area contributed by atoms with Crippen LogP contribution in [-0.2, 0) is 0 Å². The molecule has 0 aliphatic heterocycles. The molecule has 0 spiro atoms. The summed E-state index contributed by atoms with van der Waals surface area (Å²) in [7, 11) is 0. The molecule has 0 unspecified atom stereocenters. The quantitative estimate of drug-likeness (QED) is 0.526. The minimum absolute atomic E-state index is 0.0214. The number of rotatable bonds is 4. The van der Waals surface area contributed by atoms with Crippen molar-refractivity contribution in [2.24, 2.45) is 5.10 Å². The van der Waals surface area contributed by atoms with E-state index in [0.717, 1.165) is 12.3 Å². The van der Waals surface area contributed by atoms with Crippen LogP contribution < -0.4 is 10.5 Å². The van der Waals surface area contributed by atoms with Gasteiger partial charge < -0.3 is 5.11 Å². The van der Waals surface area contributed by atoms with Gasteiger partial charge >= 0.3 is 0 Å². The minimum atomic E-state index is -0.601. The van der Waals surface area contributed by atoms with Crippen LogP contribution in [0.25, 0.3) is 0 Å². The van der Waals surface area contributed by atoms with Gasteiger partial charge in [-0.1, -0.05) is 22.9 Å². The van der Waals surface area contributed by atoms with Crippen LogP contribution in [0.2, 0.25) is 5.02 Å². The van der Waals surface area contributed by atoms with E-state index in [0.29, 0.717) is 10.6 Å². The maximum atomic E-state index is 11.9. The fraction of sp³-hybridized carbons (Fsp3) is 0.0667. The van der Waals surface area contributed by atoms with Gasteiger partial charge in [-0.05, 0) is 36.8 Å². The Bertz CT molecular complexity index is 788. The summed E-state index contributed by atoms with van der Waals surface area (Å²) in [6, 6.07) is 8.44. The third-order valence-electron chi connectivity index (χ3n) is 2.98. The van der Waals surface area contributed by atoms with Gasteiger partial charge in [-0.3, -0.25) is 14.9 Å². The fourth-order valence-electron chi connectivity index (χ4n) is 1.81. The van der Waals surface area contributed by atoms with Crippen molar-refractivity contribution in [3.63, 3.8) is 0 Å². The summed E-state index contributed by atoms with van der Waals surface area (Å²) in [5.41, 5.74) is 2.61. The molecule has 0 fully saturated rings. The molecule has 0 atom stereocenters. The number of nitro benzene ring substituents is 1. The number of non-ortho nitro benzene ring substituents is 1. The second kappa shape index (κ2) is 6.89. The predicted octanol–water partition coefficient (Wildman–Crippen LogP) is 2.39. The van der Waals surface area contributed by atoms with E-state index in [4.69, 9.17) is 11.6 Å². The predicted molar refractivity (Wildman–Crippen MR) is 83.8 cm³/mol. The zero-order chi connectivity index (χ0) is 17.0. The number of carbonyl (C=O) groups excluding carboxylic acids is 1. The molecule has 0 aliphatic carbocycles. The number of hydrogen-bond donors (Lipinski definition) is 1. The highest BCUT2D eigenvalue weighted by atomic mass is 35.5. The van der Waals surface area contributed by atoms with E-state index in [2.05, 4.69) is 10.5 Å².